The minimum absolute atomic E-state index is 0. The fourth-order valence-corrected chi connectivity index (χ4v) is 5.40. The van der Waals surface area contributed by atoms with Crippen molar-refractivity contribution in [2.24, 2.45) is 0 Å². The molecule has 0 bridgehead atoms. The Morgan fingerprint density at radius 3 is 1.29 bits per heavy atom. The van der Waals surface area contributed by atoms with Gasteiger partial charge < -0.3 is 19.7 Å². The molecule has 0 atom stereocenters. The zero-order valence-corrected chi connectivity index (χ0v) is 24.8. The molecule has 4 rings (SSSR count). The Hall–Kier alpha value is -2.04. The van der Waals surface area contributed by atoms with Crippen molar-refractivity contribution in [3.63, 3.8) is 0 Å². The molecule has 0 radical (unpaired) electrons. The predicted octanol–water partition coefficient (Wildman–Crippen LogP) is 3.64. The SMILES string of the molecule is CC1(C)C=C(CS(=O)(=O)[O-])c2ccccc2N1.CC1(C)C=C(CS(=O)(=O)[O-])c2ccccc2N1.[Zn+2]. The summed E-state index contributed by atoms with van der Waals surface area (Å²) in [6.07, 6.45) is 3.59. The van der Waals surface area contributed by atoms with Crippen LogP contribution in [0.2, 0.25) is 0 Å². The molecule has 0 amide bonds. The van der Waals surface area contributed by atoms with Gasteiger partial charge in [0, 0.05) is 22.5 Å². The number of rotatable bonds is 4. The zero-order chi connectivity index (χ0) is 25.4. The number of nitrogens with one attached hydrogen (secondary N) is 2. The van der Waals surface area contributed by atoms with E-state index >= 15 is 0 Å². The summed E-state index contributed by atoms with van der Waals surface area (Å²) >= 11 is 0. The quantitative estimate of drug-likeness (QED) is 0.420. The third kappa shape index (κ3) is 8.54. The van der Waals surface area contributed by atoms with Crippen molar-refractivity contribution in [3.05, 3.63) is 71.8 Å². The smallest absolute Gasteiger partial charge is 0.748 e. The predicted molar refractivity (Wildman–Crippen MR) is 133 cm³/mol. The third-order valence-corrected chi connectivity index (χ3v) is 6.52. The Kier molecular flexibility index (Phi) is 8.78. The van der Waals surface area contributed by atoms with Crippen molar-refractivity contribution in [1.29, 1.82) is 0 Å². The molecule has 2 aliphatic rings. The van der Waals surface area contributed by atoms with E-state index in [4.69, 9.17) is 0 Å². The number of para-hydroxylation sites is 2. The topological polar surface area (TPSA) is 138 Å². The van der Waals surface area contributed by atoms with E-state index in [0.29, 0.717) is 11.1 Å². The number of hydrogen-bond acceptors (Lipinski definition) is 8. The molecule has 2 heterocycles. The van der Waals surface area contributed by atoms with Gasteiger partial charge in [0.1, 0.15) is 0 Å². The van der Waals surface area contributed by atoms with Crippen LogP contribution in [0, 0.1) is 0 Å². The molecule has 0 saturated heterocycles. The first-order valence-corrected chi connectivity index (χ1v) is 13.7. The largest absolute Gasteiger partial charge is 2.00 e. The maximum absolute atomic E-state index is 10.9. The normalized spacial score (nSPS) is 17.4. The molecule has 0 spiro atoms. The van der Waals surface area contributed by atoms with Crippen LogP contribution in [0.1, 0.15) is 38.8 Å². The monoisotopic (exact) mass is 568 g/mol. The Labute approximate surface area is 220 Å². The van der Waals surface area contributed by atoms with Gasteiger partial charge in [-0.2, -0.15) is 0 Å². The molecule has 184 valence electrons. The summed E-state index contributed by atoms with van der Waals surface area (Å²) in [6, 6.07) is 14.8. The van der Waals surface area contributed by atoms with Gasteiger partial charge in [0.15, 0.2) is 0 Å². The molecule has 8 nitrogen and oxygen atoms in total. The fraction of sp³-hybridized carbons (Fsp3) is 0.333. The molecule has 2 aliphatic heterocycles. The number of hydrogen-bond donors (Lipinski definition) is 2. The van der Waals surface area contributed by atoms with Crippen molar-refractivity contribution in [3.8, 4) is 0 Å². The number of fused-ring (bicyclic) bond motifs is 2. The Morgan fingerprint density at radius 1 is 0.657 bits per heavy atom. The second kappa shape index (κ2) is 10.5. The number of anilines is 2. The molecule has 35 heavy (non-hydrogen) atoms. The summed E-state index contributed by atoms with van der Waals surface area (Å²) in [5.41, 5.74) is 3.72. The van der Waals surface area contributed by atoms with Crippen LogP contribution in [0.5, 0.6) is 0 Å². The van der Waals surface area contributed by atoms with Gasteiger partial charge in [0.05, 0.1) is 42.8 Å². The van der Waals surface area contributed by atoms with Crippen LogP contribution in [0.4, 0.5) is 11.4 Å². The van der Waals surface area contributed by atoms with E-state index in [9.17, 15) is 25.9 Å². The van der Waals surface area contributed by atoms with E-state index in [1.807, 2.05) is 76.2 Å². The molecule has 2 aromatic rings. The molecule has 0 saturated carbocycles. The third-order valence-electron chi connectivity index (χ3n) is 5.19. The van der Waals surface area contributed by atoms with Crippen LogP contribution < -0.4 is 10.6 Å². The van der Waals surface area contributed by atoms with E-state index in [1.54, 1.807) is 12.2 Å². The molecule has 0 aliphatic carbocycles. The molecular weight excluding hydrogens is 542 g/mol. The molecule has 2 N–H and O–H groups in total. The van der Waals surface area contributed by atoms with Crippen molar-refractivity contribution < 1.29 is 45.4 Å². The van der Waals surface area contributed by atoms with E-state index in [2.05, 4.69) is 10.6 Å². The molecule has 11 heteroatoms. The van der Waals surface area contributed by atoms with Crippen LogP contribution in [0.25, 0.3) is 11.1 Å². The van der Waals surface area contributed by atoms with Crippen LogP contribution in [-0.2, 0) is 39.7 Å². The summed E-state index contributed by atoms with van der Waals surface area (Å²) < 4.78 is 65.4. The summed E-state index contributed by atoms with van der Waals surface area (Å²) in [7, 11) is -8.53. The Morgan fingerprint density at radius 2 is 0.971 bits per heavy atom. The standard InChI is InChI=1S/2C12H15NO3S.Zn/c2*1-12(2)7-9(8-17(14,15)16)10-5-3-4-6-11(10)13-12;/h2*3-7,13H,8H2,1-2H3,(H,14,15,16);/q;;+2/p-2. The summed E-state index contributed by atoms with van der Waals surface area (Å²) in [4.78, 5) is 0. The molecule has 0 unspecified atom stereocenters. The second-order valence-corrected chi connectivity index (χ2v) is 12.3. The van der Waals surface area contributed by atoms with Gasteiger partial charge in [-0.15, -0.1) is 0 Å². The van der Waals surface area contributed by atoms with Gasteiger partial charge in [0.25, 0.3) is 0 Å². The average Bonchev–Trinajstić information content (AvgIpc) is 2.64. The van der Waals surface area contributed by atoms with Crippen molar-refractivity contribution in [1.82, 2.24) is 0 Å². The first-order valence-electron chi connectivity index (χ1n) is 10.6. The van der Waals surface area contributed by atoms with E-state index in [1.165, 1.54) is 0 Å². The average molecular weight is 570 g/mol. The van der Waals surface area contributed by atoms with Crippen LogP contribution in [0.3, 0.4) is 0 Å². The van der Waals surface area contributed by atoms with E-state index < -0.39 is 31.7 Å². The Bertz CT molecular complexity index is 1260. The van der Waals surface area contributed by atoms with E-state index in [0.717, 1.165) is 22.5 Å². The Balaban J connectivity index is 0.000000240. The van der Waals surface area contributed by atoms with Crippen molar-refractivity contribution in [2.45, 2.75) is 38.8 Å². The minimum Gasteiger partial charge on any atom is -0.748 e. The van der Waals surface area contributed by atoms with Crippen molar-refractivity contribution in [2.75, 3.05) is 22.1 Å². The van der Waals surface area contributed by atoms with Crippen LogP contribution in [-0.4, -0.2) is 48.5 Å². The molecule has 0 aromatic heterocycles. The van der Waals surface area contributed by atoms with Gasteiger partial charge >= 0.3 is 19.5 Å². The van der Waals surface area contributed by atoms with Gasteiger partial charge in [0.2, 0.25) is 0 Å². The van der Waals surface area contributed by atoms with Crippen molar-refractivity contribution >= 4 is 42.8 Å². The molecular formula is C24H28N2O6S2Zn. The zero-order valence-electron chi connectivity index (χ0n) is 20.2. The minimum atomic E-state index is -4.26. The molecule has 0 fully saturated rings. The van der Waals surface area contributed by atoms with Gasteiger partial charge in [-0.25, -0.2) is 16.8 Å². The second-order valence-electron chi connectivity index (χ2n) is 9.53. The summed E-state index contributed by atoms with van der Waals surface area (Å²) in [5.74, 6) is -0.926. The van der Waals surface area contributed by atoms with Gasteiger partial charge in [-0.1, -0.05) is 48.6 Å². The molecule has 2 aromatic carbocycles. The maximum atomic E-state index is 10.9. The summed E-state index contributed by atoms with van der Waals surface area (Å²) in [5, 5.41) is 6.56. The van der Waals surface area contributed by atoms with E-state index in [-0.39, 0.29) is 30.6 Å². The summed E-state index contributed by atoms with van der Waals surface area (Å²) in [6.45, 7) is 7.72. The first kappa shape index (κ1) is 29.2. The fourth-order valence-electron chi connectivity index (χ4n) is 4.16. The van der Waals surface area contributed by atoms with Gasteiger partial charge in [-0.3, -0.25) is 0 Å². The maximum Gasteiger partial charge on any atom is 2.00 e. The number of benzene rings is 2. The van der Waals surface area contributed by atoms with Gasteiger partial charge in [-0.05, 0) is 51.0 Å². The van der Waals surface area contributed by atoms with Crippen LogP contribution in [0.15, 0.2) is 60.7 Å². The van der Waals surface area contributed by atoms with Crippen LogP contribution >= 0.6 is 0 Å². The first-order chi connectivity index (χ1) is 15.5.